The molecule has 1 atom stereocenters. The third-order valence-corrected chi connectivity index (χ3v) is 4.65. The van der Waals surface area contributed by atoms with E-state index in [1.165, 1.54) is 101 Å². The molecule has 1 heteroatoms. The smallest absolute Gasteiger partial charge is 0.0784 e. The minimum Gasteiger partial charge on any atom is -0.326 e. The van der Waals surface area contributed by atoms with E-state index in [1.807, 2.05) is 0 Å². The lowest BCUT2D eigenvalue weighted by Crippen LogP contribution is -2.46. The second kappa shape index (κ2) is 13.9. The van der Waals surface area contributed by atoms with E-state index >= 15 is 0 Å². The lowest BCUT2D eigenvalue weighted by molar-refractivity contribution is -0.910. The van der Waals surface area contributed by atoms with Gasteiger partial charge in [0.05, 0.1) is 26.7 Å². The van der Waals surface area contributed by atoms with E-state index < -0.39 is 0 Å². The normalized spacial score (nSPS) is 14.4. The predicted octanol–water partition coefficient (Wildman–Crippen LogP) is 6.17. The Morgan fingerprint density at radius 2 is 0.750 bits per heavy atom. The summed E-state index contributed by atoms with van der Waals surface area (Å²) in [6, 6.07) is 0. The van der Waals surface area contributed by atoms with Gasteiger partial charge in [-0.3, -0.25) is 0 Å². The van der Waals surface area contributed by atoms with E-state index in [0.717, 1.165) is 0 Å². The van der Waals surface area contributed by atoms with Crippen molar-refractivity contribution in [2.45, 2.75) is 97.8 Å². The molecule has 0 saturated carbocycles. The minimum atomic E-state index is 1.34. The van der Waals surface area contributed by atoms with Gasteiger partial charge >= 0.3 is 0 Å². The number of hydrogen-bond acceptors (Lipinski definition) is 0. The number of hydrogen-bond donors (Lipinski definition) is 0. The van der Waals surface area contributed by atoms with Crippen molar-refractivity contribution in [2.75, 3.05) is 26.7 Å². The zero-order valence-electron chi connectivity index (χ0n) is 15.1. The molecule has 0 rings (SSSR count). The molecule has 1 nitrogen and oxygen atoms in total. The highest BCUT2D eigenvalue weighted by Gasteiger charge is 2.19. The first-order valence-corrected chi connectivity index (χ1v) is 9.52. The molecule has 0 aromatic rings. The van der Waals surface area contributed by atoms with Gasteiger partial charge in [0.1, 0.15) is 0 Å². The summed E-state index contributed by atoms with van der Waals surface area (Å²) >= 11 is 0. The third-order valence-electron chi connectivity index (χ3n) is 4.65. The third kappa shape index (κ3) is 11.8. The fraction of sp³-hybridized carbons (Fsp3) is 1.00. The molecule has 0 aliphatic rings. The molecule has 0 aliphatic carbocycles. The Kier molecular flexibility index (Phi) is 13.9. The number of quaternary nitrogens is 1. The first-order chi connectivity index (χ1) is 9.68. The molecular formula is C19H42N+. The molecule has 0 saturated heterocycles. The van der Waals surface area contributed by atoms with Crippen LogP contribution in [0.25, 0.3) is 0 Å². The van der Waals surface area contributed by atoms with Gasteiger partial charge in [-0.25, -0.2) is 0 Å². The standard InChI is InChI=1S/C19H42N/c1-5-8-11-13-16-19-20(4,17-14-10-7-3)18-15-12-9-6-2/h5-19H2,1-4H3/q+1. The average molecular weight is 285 g/mol. The van der Waals surface area contributed by atoms with Crippen LogP contribution in [-0.4, -0.2) is 31.2 Å². The zero-order valence-corrected chi connectivity index (χ0v) is 15.1. The van der Waals surface area contributed by atoms with E-state index in [1.54, 1.807) is 0 Å². The molecule has 0 heterocycles. The molecular weight excluding hydrogens is 242 g/mol. The van der Waals surface area contributed by atoms with Crippen LogP contribution in [0.3, 0.4) is 0 Å². The quantitative estimate of drug-likeness (QED) is 0.249. The molecule has 0 aromatic heterocycles. The van der Waals surface area contributed by atoms with Crippen LogP contribution in [-0.2, 0) is 0 Å². The highest BCUT2D eigenvalue weighted by Crippen LogP contribution is 2.14. The van der Waals surface area contributed by atoms with Gasteiger partial charge in [-0.2, -0.15) is 0 Å². The Morgan fingerprint density at radius 3 is 1.20 bits per heavy atom. The van der Waals surface area contributed by atoms with Gasteiger partial charge in [0, 0.05) is 0 Å². The molecule has 20 heavy (non-hydrogen) atoms. The molecule has 0 aromatic carbocycles. The Bertz CT molecular complexity index is 190. The van der Waals surface area contributed by atoms with Gasteiger partial charge in [0.2, 0.25) is 0 Å². The molecule has 0 bridgehead atoms. The van der Waals surface area contributed by atoms with Gasteiger partial charge in [0.15, 0.2) is 0 Å². The predicted molar refractivity (Wildman–Crippen MR) is 93.2 cm³/mol. The zero-order chi connectivity index (χ0) is 15.1. The van der Waals surface area contributed by atoms with Crippen LogP contribution < -0.4 is 0 Å². The maximum Gasteiger partial charge on any atom is 0.0784 e. The summed E-state index contributed by atoms with van der Waals surface area (Å²) < 4.78 is 1.34. The molecule has 0 amide bonds. The monoisotopic (exact) mass is 284 g/mol. The summed E-state index contributed by atoms with van der Waals surface area (Å²) in [7, 11) is 2.52. The van der Waals surface area contributed by atoms with Crippen molar-refractivity contribution in [3.05, 3.63) is 0 Å². The number of unbranched alkanes of at least 4 members (excludes halogenated alkanes) is 9. The van der Waals surface area contributed by atoms with Crippen LogP contribution in [0, 0.1) is 0 Å². The second-order valence-corrected chi connectivity index (χ2v) is 6.97. The van der Waals surface area contributed by atoms with Crippen molar-refractivity contribution in [2.24, 2.45) is 0 Å². The molecule has 1 unspecified atom stereocenters. The highest BCUT2D eigenvalue weighted by molar-refractivity contribution is 4.48. The summed E-state index contributed by atoms with van der Waals surface area (Å²) in [5, 5.41) is 0. The number of nitrogens with zero attached hydrogens (tertiary/aromatic N) is 1. The lowest BCUT2D eigenvalue weighted by atomic mass is 10.1. The Hall–Kier alpha value is -0.0400. The van der Waals surface area contributed by atoms with Crippen LogP contribution in [0.2, 0.25) is 0 Å². The fourth-order valence-corrected chi connectivity index (χ4v) is 3.10. The molecule has 122 valence electrons. The van der Waals surface area contributed by atoms with Crippen molar-refractivity contribution < 1.29 is 4.48 Å². The van der Waals surface area contributed by atoms with E-state index in [4.69, 9.17) is 0 Å². The molecule has 0 aliphatic heterocycles. The van der Waals surface area contributed by atoms with Gasteiger partial charge in [0.25, 0.3) is 0 Å². The maximum atomic E-state index is 2.52. The summed E-state index contributed by atoms with van der Waals surface area (Å²) in [5.74, 6) is 0. The van der Waals surface area contributed by atoms with E-state index in [9.17, 15) is 0 Å². The van der Waals surface area contributed by atoms with Crippen LogP contribution in [0.4, 0.5) is 0 Å². The van der Waals surface area contributed by atoms with Crippen LogP contribution in [0.15, 0.2) is 0 Å². The number of rotatable bonds is 15. The van der Waals surface area contributed by atoms with Crippen molar-refractivity contribution in [1.29, 1.82) is 0 Å². The van der Waals surface area contributed by atoms with Crippen LogP contribution in [0.1, 0.15) is 97.8 Å². The summed E-state index contributed by atoms with van der Waals surface area (Å²) in [6.45, 7) is 11.2. The van der Waals surface area contributed by atoms with Crippen molar-refractivity contribution in [1.82, 2.24) is 0 Å². The highest BCUT2D eigenvalue weighted by atomic mass is 15.3. The van der Waals surface area contributed by atoms with E-state index in [2.05, 4.69) is 27.8 Å². The Morgan fingerprint density at radius 1 is 0.450 bits per heavy atom. The van der Waals surface area contributed by atoms with Gasteiger partial charge in [-0.05, 0) is 38.5 Å². The molecule has 0 fully saturated rings. The van der Waals surface area contributed by atoms with Gasteiger partial charge < -0.3 is 4.48 Å². The Labute approximate surface area is 129 Å². The van der Waals surface area contributed by atoms with Crippen LogP contribution >= 0.6 is 0 Å². The lowest BCUT2D eigenvalue weighted by Gasteiger charge is -2.35. The summed E-state index contributed by atoms with van der Waals surface area (Å²) in [6.07, 6.45) is 17.0. The molecule has 0 radical (unpaired) electrons. The minimum absolute atomic E-state index is 1.34. The first-order valence-electron chi connectivity index (χ1n) is 9.52. The molecule has 0 N–H and O–H groups in total. The SMILES string of the molecule is CCCCCCC[N+](C)(CCCCC)CCCCCC. The molecule has 0 spiro atoms. The largest absolute Gasteiger partial charge is 0.326 e. The second-order valence-electron chi connectivity index (χ2n) is 6.97. The van der Waals surface area contributed by atoms with Gasteiger partial charge in [-0.1, -0.05) is 59.3 Å². The van der Waals surface area contributed by atoms with Crippen molar-refractivity contribution >= 4 is 0 Å². The van der Waals surface area contributed by atoms with E-state index in [0.29, 0.717) is 0 Å². The Balaban J connectivity index is 3.95. The fourth-order valence-electron chi connectivity index (χ4n) is 3.10. The average Bonchev–Trinajstić information content (AvgIpc) is 2.44. The van der Waals surface area contributed by atoms with Crippen molar-refractivity contribution in [3.63, 3.8) is 0 Å². The topological polar surface area (TPSA) is 0 Å². The summed E-state index contributed by atoms with van der Waals surface area (Å²) in [5.41, 5.74) is 0. The van der Waals surface area contributed by atoms with Crippen LogP contribution in [0.5, 0.6) is 0 Å². The summed E-state index contributed by atoms with van der Waals surface area (Å²) in [4.78, 5) is 0. The maximum absolute atomic E-state index is 2.52. The van der Waals surface area contributed by atoms with E-state index in [-0.39, 0.29) is 0 Å². The van der Waals surface area contributed by atoms with Crippen molar-refractivity contribution in [3.8, 4) is 0 Å². The van der Waals surface area contributed by atoms with Gasteiger partial charge in [-0.15, -0.1) is 0 Å². The first kappa shape index (κ1) is 20.0.